The van der Waals surface area contributed by atoms with Crippen LogP contribution in [-0.2, 0) is 13.6 Å². The molecule has 1 N–H and O–H groups in total. The number of carbonyl (C=O) groups is 1. The lowest BCUT2D eigenvalue weighted by molar-refractivity contribution is 0.0696. The summed E-state index contributed by atoms with van der Waals surface area (Å²) >= 11 is 6.19. The van der Waals surface area contributed by atoms with Crippen molar-refractivity contribution in [3.63, 3.8) is 0 Å². The standard InChI is InChI=1S/C16H20ClN3O2/c1-11-6-4-5-7-13(11)10-20(8-9-21)16(22)15-14(17)12(2)18-19(15)3/h4-7,21H,8-10H2,1-3H3. The fourth-order valence-corrected chi connectivity index (χ4v) is 2.62. The number of rotatable bonds is 5. The first-order valence-electron chi connectivity index (χ1n) is 7.09. The number of nitrogens with zero attached hydrogens (tertiary/aromatic N) is 3. The van der Waals surface area contributed by atoms with E-state index in [1.807, 2.05) is 31.2 Å². The number of carbonyl (C=O) groups excluding carboxylic acids is 1. The molecule has 0 bridgehead atoms. The first-order chi connectivity index (χ1) is 10.5. The van der Waals surface area contributed by atoms with E-state index in [1.165, 1.54) is 4.68 Å². The number of amides is 1. The van der Waals surface area contributed by atoms with E-state index in [1.54, 1.807) is 18.9 Å². The van der Waals surface area contributed by atoms with E-state index in [4.69, 9.17) is 11.6 Å². The molecule has 22 heavy (non-hydrogen) atoms. The molecule has 1 heterocycles. The maximum absolute atomic E-state index is 12.8. The Morgan fingerprint density at radius 2 is 2.05 bits per heavy atom. The van der Waals surface area contributed by atoms with Crippen molar-refractivity contribution in [2.45, 2.75) is 20.4 Å². The zero-order chi connectivity index (χ0) is 16.3. The van der Waals surface area contributed by atoms with Gasteiger partial charge in [-0.2, -0.15) is 5.10 Å². The Hall–Kier alpha value is -1.85. The van der Waals surface area contributed by atoms with Crippen molar-refractivity contribution in [1.82, 2.24) is 14.7 Å². The van der Waals surface area contributed by atoms with Crippen LogP contribution in [0.4, 0.5) is 0 Å². The molecule has 1 amide bonds. The molecule has 0 aliphatic rings. The summed E-state index contributed by atoms with van der Waals surface area (Å²) in [6.45, 7) is 4.32. The van der Waals surface area contributed by atoms with Crippen LogP contribution in [0.2, 0.25) is 5.02 Å². The molecule has 5 nitrogen and oxygen atoms in total. The molecule has 2 rings (SSSR count). The van der Waals surface area contributed by atoms with E-state index >= 15 is 0 Å². The van der Waals surface area contributed by atoms with Gasteiger partial charge in [-0.05, 0) is 25.0 Å². The number of halogens is 1. The van der Waals surface area contributed by atoms with Crippen LogP contribution in [0.3, 0.4) is 0 Å². The largest absolute Gasteiger partial charge is 0.395 e. The first-order valence-corrected chi connectivity index (χ1v) is 7.47. The van der Waals surface area contributed by atoms with Gasteiger partial charge in [0.25, 0.3) is 5.91 Å². The van der Waals surface area contributed by atoms with Crippen molar-refractivity contribution >= 4 is 17.5 Å². The van der Waals surface area contributed by atoms with Gasteiger partial charge in [-0.25, -0.2) is 0 Å². The Balaban J connectivity index is 2.31. The van der Waals surface area contributed by atoms with Crippen LogP contribution >= 0.6 is 11.6 Å². The van der Waals surface area contributed by atoms with Crippen molar-refractivity contribution in [2.24, 2.45) is 7.05 Å². The van der Waals surface area contributed by atoms with Crippen LogP contribution in [0, 0.1) is 13.8 Å². The maximum atomic E-state index is 12.8. The zero-order valence-electron chi connectivity index (χ0n) is 13.0. The number of hydrogen-bond acceptors (Lipinski definition) is 3. The van der Waals surface area contributed by atoms with Crippen molar-refractivity contribution in [3.05, 3.63) is 51.8 Å². The highest BCUT2D eigenvalue weighted by Crippen LogP contribution is 2.22. The molecule has 0 atom stereocenters. The molecular weight excluding hydrogens is 302 g/mol. The number of aryl methyl sites for hydroxylation is 3. The van der Waals surface area contributed by atoms with Crippen molar-refractivity contribution in [2.75, 3.05) is 13.2 Å². The summed E-state index contributed by atoms with van der Waals surface area (Å²) in [5.41, 5.74) is 3.11. The summed E-state index contributed by atoms with van der Waals surface area (Å²) in [6, 6.07) is 7.87. The summed E-state index contributed by atoms with van der Waals surface area (Å²) < 4.78 is 1.49. The molecule has 118 valence electrons. The van der Waals surface area contributed by atoms with Gasteiger partial charge in [-0.15, -0.1) is 0 Å². The van der Waals surface area contributed by atoms with E-state index in [-0.39, 0.29) is 19.1 Å². The van der Waals surface area contributed by atoms with Gasteiger partial charge in [0.2, 0.25) is 0 Å². The molecule has 0 aliphatic heterocycles. The predicted molar refractivity (Wildman–Crippen MR) is 86.0 cm³/mol. The Labute approximate surface area is 135 Å². The van der Waals surface area contributed by atoms with Gasteiger partial charge < -0.3 is 10.0 Å². The highest BCUT2D eigenvalue weighted by molar-refractivity contribution is 6.34. The average molecular weight is 322 g/mol. The zero-order valence-corrected chi connectivity index (χ0v) is 13.8. The Bertz CT molecular complexity index is 682. The molecule has 2 aromatic rings. The fourth-order valence-electron chi connectivity index (χ4n) is 2.38. The van der Waals surface area contributed by atoms with E-state index in [9.17, 15) is 9.90 Å². The molecule has 0 unspecified atom stereocenters. The van der Waals surface area contributed by atoms with Gasteiger partial charge in [0.1, 0.15) is 5.69 Å². The molecule has 0 spiro atoms. The quantitative estimate of drug-likeness (QED) is 0.919. The first kappa shape index (κ1) is 16.5. The van der Waals surface area contributed by atoms with Crippen molar-refractivity contribution in [1.29, 1.82) is 0 Å². The number of hydrogen-bond donors (Lipinski definition) is 1. The third kappa shape index (κ3) is 3.31. The Morgan fingerprint density at radius 1 is 1.36 bits per heavy atom. The molecule has 6 heteroatoms. The molecule has 0 aliphatic carbocycles. The summed E-state index contributed by atoms with van der Waals surface area (Å²) in [5, 5.41) is 13.8. The minimum absolute atomic E-state index is 0.105. The van der Waals surface area contributed by atoms with Gasteiger partial charge in [0.05, 0.1) is 17.3 Å². The van der Waals surface area contributed by atoms with Crippen LogP contribution < -0.4 is 0 Å². The number of aliphatic hydroxyl groups is 1. The predicted octanol–water partition coefficient (Wildman–Crippen LogP) is 2.33. The third-order valence-corrected chi connectivity index (χ3v) is 4.08. The Kier molecular flexibility index (Phi) is 5.21. The molecule has 1 aromatic carbocycles. The van der Waals surface area contributed by atoms with Gasteiger partial charge in [0.15, 0.2) is 0 Å². The second kappa shape index (κ2) is 6.94. The lowest BCUT2D eigenvalue weighted by Crippen LogP contribution is -2.34. The van der Waals surface area contributed by atoms with E-state index < -0.39 is 0 Å². The number of aliphatic hydroxyl groups excluding tert-OH is 1. The van der Waals surface area contributed by atoms with Crippen LogP contribution in [0.1, 0.15) is 27.3 Å². The second-order valence-electron chi connectivity index (χ2n) is 5.25. The van der Waals surface area contributed by atoms with Crippen LogP contribution in [0.5, 0.6) is 0 Å². The lowest BCUT2D eigenvalue weighted by Gasteiger charge is -2.23. The summed E-state index contributed by atoms with van der Waals surface area (Å²) in [5.74, 6) is -0.231. The lowest BCUT2D eigenvalue weighted by atomic mass is 10.1. The monoisotopic (exact) mass is 321 g/mol. The number of benzene rings is 1. The van der Waals surface area contributed by atoms with Crippen LogP contribution in [0.25, 0.3) is 0 Å². The minimum atomic E-state index is -0.231. The molecule has 0 radical (unpaired) electrons. The fraction of sp³-hybridized carbons (Fsp3) is 0.375. The molecule has 0 saturated heterocycles. The molecule has 0 saturated carbocycles. The minimum Gasteiger partial charge on any atom is -0.395 e. The highest BCUT2D eigenvalue weighted by atomic mass is 35.5. The maximum Gasteiger partial charge on any atom is 0.274 e. The highest BCUT2D eigenvalue weighted by Gasteiger charge is 2.24. The molecule has 0 fully saturated rings. The average Bonchev–Trinajstić information content (AvgIpc) is 2.73. The second-order valence-corrected chi connectivity index (χ2v) is 5.63. The molecular formula is C16H20ClN3O2. The van der Waals surface area contributed by atoms with E-state index in [2.05, 4.69) is 5.10 Å². The van der Waals surface area contributed by atoms with Gasteiger partial charge in [-0.1, -0.05) is 35.9 Å². The smallest absolute Gasteiger partial charge is 0.274 e. The summed E-state index contributed by atoms with van der Waals surface area (Å²) in [7, 11) is 1.69. The van der Waals surface area contributed by atoms with E-state index in [0.29, 0.717) is 23.0 Å². The van der Waals surface area contributed by atoms with Gasteiger partial charge in [-0.3, -0.25) is 9.48 Å². The summed E-state index contributed by atoms with van der Waals surface area (Å²) in [6.07, 6.45) is 0. The van der Waals surface area contributed by atoms with Crippen molar-refractivity contribution < 1.29 is 9.90 Å². The van der Waals surface area contributed by atoms with Crippen LogP contribution in [-0.4, -0.2) is 38.8 Å². The van der Waals surface area contributed by atoms with Crippen molar-refractivity contribution in [3.8, 4) is 0 Å². The Morgan fingerprint density at radius 3 is 2.59 bits per heavy atom. The molecule has 1 aromatic heterocycles. The van der Waals surface area contributed by atoms with Gasteiger partial charge >= 0.3 is 0 Å². The topological polar surface area (TPSA) is 58.4 Å². The third-order valence-electron chi connectivity index (χ3n) is 3.63. The van der Waals surface area contributed by atoms with Crippen LogP contribution in [0.15, 0.2) is 24.3 Å². The van der Waals surface area contributed by atoms with Gasteiger partial charge in [0, 0.05) is 20.1 Å². The van der Waals surface area contributed by atoms with E-state index in [0.717, 1.165) is 11.1 Å². The summed E-state index contributed by atoms with van der Waals surface area (Å²) in [4.78, 5) is 14.4. The number of aromatic nitrogens is 2. The SMILES string of the molecule is Cc1ccccc1CN(CCO)C(=O)c1c(Cl)c(C)nn1C. The normalized spacial score (nSPS) is 10.8.